The third kappa shape index (κ3) is 2.48. The van der Waals surface area contributed by atoms with Crippen molar-refractivity contribution in [1.29, 1.82) is 0 Å². The molecule has 0 saturated carbocycles. The third-order valence-corrected chi connectivity index (χ3v) is 2.85. The van der Waals surface area contributed by atoms with Crippen molar-refractivity contribution in [2.75, 3.05) is 7.05 Å². The van der Waals surface area contributed by atoms with Gasteiger partial charge in [0.1, 0.15) is 5.82 Å². The minimum absolute atomic E-state index is 0.248. The van der Waals surface area contributed by atoms with E-state index < -0.39 is 0 Å². The first-order valence-corrected chi connectivity index (χ1v) is 5.60. The van der Waals surface area contributed by atoms with Crippen LogP contribution in [0.5, 0.6) is 0 Å². The van der Waals surface area contributed by atoms with E-state index in [1.165, 1.54) is 12.1 Å². The second-order valence-electron chi connectivity index (χ2n) is 3.83. The average Bonchev–Trinajstić information content (AvgIpc) is 2.71. The topological polar surface area (TPSA) is 29.9 Å². The maximum absolute atomic E-state index is 13.8. The maximum Gasteiger partial charge on any atom is 0.128 e. The zero-order valence-electron chi connectivity index (χ0n) is 9.61. The first-order chi connectivity index (χ1) is 8.11. The number of rotatable bonds is 3. The van der Waals surface area contributed by atoms with Gasteiger partial charge in [-0.25, -0.2) is 4.39 Å². The fourth-order valence-corrected chi connectivity index (χ4v) is 2.01. The number of aryl methyl sites for hydroxylation is 1. The molecule has 0 fully saturated rings. The first kappa shape index (κ1) is 12.1. The van der Waals surface area contributed by atoms with Gasteiger partial charge in [0.05, 0.1) is 12.2 Å². The quantitative estimate of drug-likeness (QED) is 0.911. The summed E-state index contributed by atoms with van der Waals surface area (Å²) in [4.78, 5) is 0. The summed E-state index contributed by atoms with van der Waals surface area (Å²) < 4.78 is 15.5. The summed E-state index contributed by atoms with van der Waals surface area (Å²) in [6.45, 7) is 0. The van der Waals surface area contributed by atoms with Crippen molar-refractivity contribution in [2.24, 2.45) is 7.05 Å². The van der Waals surface area contributed by atoms with E-state index in [0.717, 1.165) is 5.56 Å². The Balaban J connectivity index is 2.45. The zero-order chi connectivity index (χ0) is 12.4. The van der Waals surface area contributed by atoms with Crippen LogP contribution in [0.25, 0.3) is 0 Å². The minimum atomic E-state index is -0.280. The van der Waals surface area contributed by atoms with Gasteiger partial charge in [-0.3, -0.25) is 4.68 Å². The first-order valence-electron chi connectivity index (χ1n) is 5.22. The molecule has 0 bridgehead atoms. The van der Waals surface area contributed by atoms with Crippen LogP contribution in [0.15, 0.2) is 30.6 Å². The van der Waals surface area contributed by atoms with Gasteiger partial charge in [0, 0.05) is 29.4 Å². The van der Waals surface area contributed by atoms with Crippen molar-refractivity contribution >= 4 is 11.6 Å². The van der Waals surface area contributed by atoms with Crippen molar-refractivity contribution in [3.05, 3.63) is 52.6 Å². The molecule has 1 heterocycles. The van der Waals surface area contributed by atoms with Crippen LogP contribution in [0.2, 0.25) is 5.02 Å². The third-order valence-electron chi connectivity index (χ3n) is 2.62. The van der Waals surface area contributed by atoms with Gasteiger partial charge in [0.15, 0.2) is 0 Å². The lowest BCUT2D eigenvalue weighted by molar-refractivity contribution is 0.576. The lowest BCUT2D eigenvalue weighted by Crippen LogP contribution is -2.18. The molecule has 2 aromatic rings. The summed E-state index contributed by atoms with van der Waals surface area (Å²) in [7, 11) is 3.60. The highest BCUT2D eigenvalue weighted by molar-refractivity contribution is 6.30. The zero-order valence-corrected chi connectivity index (χ0v) is 10.4. The van der Waals surface area contributed by atoms with Crippen LogP contribution in [0.1, 0.15) is 17.2 Å². The van der Waals surface area contributed by atoms with E-state index >= 15 is 0 Å². The standard InChI is InChI=1S/C12H13ClFN3/c1-15-12(8-6-16-17(2)7-8)10-5-9(13)3-4-11(10)14/h3-7,12,15H,1-2H3. The van der Waals surface area contributed by atoms with E-state index in [-0.39, 0.29) is 11.9 Å². The fraction of sp³-hybridized carbons (Fsp3) is 0.250. The Morgan fingerprint density at radius 3 is 2.82 bits per heavy atom. The molecule has 1 N–H and O–H groups in total. The molecular formula is C12H13ClFN3. The monoisotopic (exact) mass is 253 g/mol. The second-order valence-corrected chi connectivity index (χ2v) is 4.27. The average molecular weight is 254 g/mol. The van der Waals surface area contributed by atoms with Crippen LogP contribution in [0.4, 0.5) is 4.39 Å². The number of nitrogens with one attached hydrogen (secondary N) is 1. The molecular weight excluding hydrogens is 241 g/mol. The Morgan fingerprint density at radius 2 is 2.24 bits per heavy atom. The molecule has 0 aliphatic heterocycles. The van der Waals surface area contributed by atoms with Crippen molar-refractivity contribution in [3.63, 3.8) is 0 Å². The van der Waals surface area contributed by atoms with Crippen molar-refractivity contribution in [2.45, 2.75) is 6.04 Å². The highest BCUT2D eigenvalue weighted by Gasteiger charge is 2.17. The molecule has 0 saturated heterocycles. The molecule has 0 radical (unpaired) electrons. The number of halogens is 2. The Kier molecular flexibility index (Phi) is 3.45. The van der Waals surface area contributed by atoms with Crippen LogP contribution in [-0.4, -0.2) is 16.8 Å². The van der Waals surface area contributed by atoms with Crippen LogP contribution in [0, 0.1) is 5.82 Å². The van der Waals surface area contributed by atoms with E-state index in [9.17, 15) is 4.39 Å². The van der Waals surface area contributed by atoms with Gasteiger partial charge in [-0.2, -0.15) is 5.10 Å². The van der Waals surface area contributed by atoms with E-state index in [2.05, 4.69) is 10.4 Å². The summed E-state index contributed by atoms with van der Waals surface area (Å²) in [5, 5.41) is 7.67. The van der Waals surface area contributed by atoms with Gasteiger partial charge in [-0.05, 0) is 25.2 Å². The predicted octanol–water partition coefficient (Wildman–Crippen LogP) is 2.52. The van der Waals surface area contributed by atoms with Crippen LogP contribution < -0.4 is 5.32 Å². The molecule has 3 nitrogen and oxygen atoms in total. The van der Waals surface area contributed by atoms with Crippen molar-refractivity contribution < 1.29 is 4.39 Å². The molecule has 2 rings (SSSR count). The number of benzene rings is 1. The Labute approximate surface area is 104 Å². The molecule has 1 atom stereocenters. The summed E-state index contributed by atoms with van der Waals surface area (Å²) >= 11 is 5.90. The van der Waals surface area contributed by atoms with Crippen LogP contribution in [-0.2, 0) is 7.05 Å². The second kappa shape index (κ2) is 4.85. The summed E-state index contributed by atoms with van der Waals surface area (Å²) in [5.74, 6) is -0.280. The normalized spacial score (nSPS) is 12.7. The van der Waals surface area contributed by atoms with Gasteiger partial charge in [0.2, 0.25) is 0 Å². The maximum atomic E-state index is 13.8. The van der Waals surface area contributed by atoms with E-state index in [1.54, 1.807) is 24.0 Å². The SMILES string of the molecule is CNC(c1cnn(C)c1)c1cc(Cl)ccc1F. The fourth-order valence-electron chi connectivity index (χ4n) is 1.83. The van der Waals surface area contributed by atoms with Gasteiger partial charge >= 0.3 is 0 Å². The molecule has 0 aliphatic rings. The molecule has 17 heavy (non-hydrogen) atoms. The molecule has 90 valence electrons. The number of hydrogen-bond donors (Lipinski definition) is 1. The lowest BCUT2D eigenvalue weighted by Gasteiger charge is -2.16. The molecule has 1 aromatic heterocycles. The summed E-state index contributed by atoms with van der Waals surface area (Å²) in [5.41, 5.74) is 1.42. The van der Waals surface area contributed by atoms with Crippen LogP contribution in [0.3, 0.4) is 0 Å². The van der Waals surface area contributed by atoms with Gasteiger partial charge in [0.25, 0.3) is 0 Å². The molecule has 0 aliphatic carbocycles. The molecule has 1 unspecified atom stereocenters. The Bertz CT molecular complexity index is 524. The summed E-state index contributed by atoms with van der Waals surface area (Å²) in [6, 6.07) is 4.29. The highest BCUT2D eigenvalue weighted by atomic mass is 35.5. The Morgan fingerprint density at radius 1 is 1.47 bits per heavy atom. The van der Waals surface area contributed by atoms with Gasteiger partial charge in [-0.1, -0.05) is 11.6 Å². The lowest BCUT2D eigenvalue weighted by atomic mass is 10.0. The van der Waals surface area contributed by atoms with E-state index in [1.807, 2.05) is 13.2 Å². The molecule has 0 spiro atoms. The van der Waals surface area contributed by atoms with Crippen molar-refractivity contribution in [1.82, 2.24) is 15.1 Å². The molecule has 0 amide bonds. The number of aromatic nitrogens is 2. The van der Waals surface area contributed by atoms with E-state index in [0.29, 0.717) is 10.6 Å². The number of nitrogens with zero attached hydrogens (tertiary/aromatic N) is 2. The van der Waals surface area contributed by atoms with Gasteiger partial charge < -0.3 is 5.32 Å². The Hall–Kier alpha value is -1.39. The largest absolute Gasteiger partial charge is 0.309 e. The van der Waals surface area contributed by atoms with Crippen molar-refractivity contribution in [3.8, 4) is 0 Å². The predicted molar refractivity (Wildman–Crippen MR) is 65.5 cm³/mol. The van der Waals surface area contributed by atoms with E-state index in [4.69, 9.17) is 11.6 Å². The molecule has 1 aromatic carbocycles. The minimum Gasteiger partial charge on any atom is -0.309 e. The highest BCUT2D eigenvalue weighted by Crippen LogP contribution is 2.26. The number of hydrogen-bond acceptors (Lipinski definition) is 2. The van der Waals surface area contributed by atoms with Crippen LogP contribution >= 0.6 is 11.6 Å². The summed E-state index contributed by atoms with van der Waals surface area (Å²) in [6.07, 6.45) is 3.56. The molecule has 5 heteroatoms. The smallest absolute Gasteiger partial charge is 0.128 e. The van der Waals surface area contributed by atoms with Gasteiger partial charge in [-0.15, -0.1) is 0 Å².